The van der Waals surface area contributed by atoms with Crippen LogP contribution < -0.4 is 9.47 Å². The summed E-state index contributed by atoms with van der Waals surface area (Å²) in [5, 5.41) is 10.2. The standard InChI is InChI=1S/C14H20F3NO3/c1-18(7-6-14(15,16)17)9-12(19)11-8-10(20-2)4-5-13(11)21-3/h4-5,8,12,19H,6-7,9H2,1-3H3. The zero-order valence-corrected chi connectivity index (χ0v) is 12.3. The van der Waals surface area contributed by atoms with E-state index in [0.29, 0.717) is 17.1 Å². The van der Waals surface area contributed by atoms with Crippen molar-refractivity contribution < 1.29 is 27.8 Å². The summed E-state index contributed by atoms with van der Waals surface area (Å²) in [7, 11) is 4.49. The predicted octanol–water partition coefficient (Wildman–Crippen LogP) is 2.62. The second kappa shape index (κ2) is 7.51. The molecule has 0 bridgehead atoms. The second-order valence-corrected chi connectivity index (χ2v) is 4.75. The van der Waals surface area contributed by atoms with Crippen LogP contribution in [0.15, 0.2) is 18.2 Å². The molecule has 0 aromatic heterocycles. The highest BCUT2D eigenvalue weighted by Crippen LogP contribution is 2.30. The van der Waals surface area contributed by atoms with Gasteiger partial charge in [-0.05, 0) is 25.2 Å². The summed E-state index contributed by atoms with van der Waals surface area (Å²) in [5.74, 6) is 1.01. The summed E-state index contributed by atoms with van der Waals surface area (Å²) in [6, 6.07) is 4.94. The van der Waals surface area contributed by atoms with Crippen molar-refractivity contribution in [3.8, 4) is 11.5 Å². The third-order valence-corrected chi connectivity index (χ3v) is 3.06. The highest BCUT2D eigenvalue weighted by molar-refractivity contribution is 5.41. The number of hydrogen-bond donors (Lipinski definition) is 1. The zero-order chi connectivity index (χ0) is 16.0. The summed E-state index contributed by atoms with van der Waals surface area (Å²) in [6.07, 6.45) is -6.08. The minimum atomic E-state index is -4.20. The number of aliphatic hydroxyl groups is 1. The SMILES string of the molecule is COc1ccc(OC)c(C(O)CN(C)CCC(F)(F)F)c1. The number of hydrogen-bond acceptors (Lipinski definition) is 4. The van der Waals surface area contributed by atoms with Crippen molar-refractivity contribution in [2.45, 2.75) is 18.7 Å². The summed E-state index contributed by atoms with van der Waals surface area (Å²) >= 11 is 0. The van der Waals surface area contributed by atoms with Gasteiger partial charge in [-0.15, -0.1) is 0 Å². The van der Waals surface area contributed by atoms with E-state index < -0.39 is 18.7 Å². The van der Waals surface area contributed by atoms with Crippen LogP contribution in [0.4, 0.5) is 13.2 Å². The van der Waals surface area contributed by atoms with Gasteiger partial charge in [-0.2, -0.15) is 13.2 Å². The Labute approximate surface area is 122 Å². The second-order valence-electron chi connectivity index (χ2n) is 4.75. The van der Waals surface area contributed by atoms with Crippen LogP contribution >= 0.6 is 0 Å². The monoisotopic (exact) mass is 307 g/mol. The van der Waals surface area contributed by atoms with E-state index in [2.05, 4.69) is 0 Å². The van der Waals surface area contributed by atoms with Crippen LogP contribution in [0.1, 0.15) is 18.1 Å². The molecule has 1 rings (SSSR count). The number of likely N-dealkylation sites (N-methyl/N-ethyl adjacent to an activating group) is 1. The first-order valence-electron chi connectivity index (χ1n) is 6.42. The topological polar surface area (TPSA) is 41.9 Å². The maximum absolute atomic E-state index is 12.2. The number of halogens is 3. The van der Waals surface area contributed by atoms with Crippen molar-refractivity contribution in [1.29, 1.82) is 0 Å². The molecule has 1 aromatic rings. The fraction of sp³-hybridized carbons (Fsp3) is 0.571. The Bertz CT molecular complexity index is 452. The van der Waals surface area contributed by atoms with E-state index in [0.717, 1.165) is 0 Å². The third kappa shape index (κ3) is 5.81. The summed E-state index contributed by atoms with van der Waals surface area (Å²) < 4.78 is 46.7. The van der Waals surface area contributed by atoms with E-state index >= 15 is 0 Å². The molecule has 21 heavy (non-hydrogen) atoms. The molecule has 1 atom stereocenters. The van der Waals surface area contributed by atoms with E-state index in [9.17, 15) is 18.3 Å². The fourth-order valence-electron chi connectivity index (χ4n) is 1.90. The number of nitrogens with zero attached hydrogens (tertiary/aromatic N) is 1. The Hall–Kier alpha value is -1.47. The van der Waals surface area contributed by atoms with Crippen molar-refractivity contribution in [3.05, 3.63) is 23.8 Å². The van der Waals surface area contributed by atoms with Gasteiger partial charge in [0.1, 0.15) is 11.5 Å². The largest absolute Gasteiger partial charge is 0.497 e. The van der Waals surface area contributed by atoms with E-state index in [1.165, 1.54) is 26.2 Å². The lowest BCUT2D eigenvalue weighted by Gasteiger charge is -2.22. The molecule has 0 radical (unpaired) electrons. The molecule has 0 saturated carbocycles. The van der Waals surface area contributed by atoms with Gasteiger partial charge in [-0.3, -0.25) is 0 Å². The van der Waals surface area contributed by atoms with Gasteiger partial charge >= 0.3 is 6.18 Å². The van der Waals surface area contributed by atoms with Gasteiger partial charge in [0, 0.05) is 18.7 Å². The average Bonchev–Trinajstić information content (AvgIpc) is 2.43. The lowest BCUT2D eigenvalue weighted by Crippen LogP contribution is -2.28. The van der Waals surface area contributed by atoms with Crippen molar-refractivity contribution in [1.82, 2.24) is 4.90 Å². The van der Waals surface area contributed by atoms with Crippen LogP contribution in [-0.4, -0.2) is 50.5 Å². The average molecular weight is 307 g/mol. The van der Waals surface area contributed by atoms with Crippen LogP contribution in [0.2, 0.25) is 0 Å². The molecule has 0 aliphatic heterocycles. The van der Waals surface area contributed by atoms with Crippen LogP contribution in [0.5, 0.6) is 11.5 Å². The molecule has 7 heteroatoms. The number of rotatable bonds is 7. The van der Waals surface area contributed by atoms with Gasteiger partial charge in [0.05, 0.1) is 26.7 Å². The Morgan fingerprint density at radius 1 is 1.24 bits per heavy atom. The van der Waals surface area contributed by atoms with Crippen LogP contribution in [0.3, 0.4) is 0 Å². The molecule has 1 aromatic carbocycles. The molecule has 0 aliphatic carbocycles. The van der Waals surface area contributed by atoms with Crippen molar-refractivity contribution in [2.75, 3.05) is 34.4 Å². The molecular formula is C14H20F3NO3. The van der Waals surface area contributed by atoms with E-state index in [4.69, 9.17) is 9.47 Å². The van der Waals surface area contributed by atoms with Gasteiger partial charge < -0.3 is 19.5 Å². The smallest absolute Gasteiger partial charge is 0.390 e. The van der Waals surface area contributed by atoms with E-state index in [-0.39, 0.29) is 13.1 Å². The van der Waals surface area contributed by atoms with Crippen LogP contribution in [0.25, 0.3) is 0 Å². The fourth-order valence-corrected chi connectivity index (χ4v) is 1.90. The minimum Gasteiger partial charge on any atom is -0.497 e. The number of ether oxygens (including phenoxy) is 2. The molecule has 120 valence electrons. The first kappa shape index (κ1) is 17.6. The summed E-state index contributed by atoms with van der Waals surface area (Å²) in [5.41, 5.74) is 0.482. The predicted molar refractivity (Wildman–Crippen MR) is 72.7 cm³/mol. The molecule has 0 saturated heterocycles. The molecule has 0 aliphatic rings. The molecule has 0 heterocycles. The number of aliphatic hydroxyl groups excluding tert-OH is 1. The molecular weight excluding hydrogens is 287 g/mol. The van der Waals surface area contributed by atoms with Gasteiger partial charge in [0.2, 0.25) is 0 Å². The van der Waals surface area contributed by atoms with Gasteiger partial charge in [-0.25, -0.2) is 0 Å². The minimum absolute atomic E-state index is 0.0691. The molecule has 0 amide bonds. The number of alkyl halides is 3. The molecule has 1 unspecified atom stereocenters. The molecule has 1 N–H and O–H groups in total. The summed E-state index contributed by atoms with van der Waals surface area (Å²) in [6.45, 7) is -0.105. The maximum atomic E-state index is 12.2. The molecule has 0 fully saturated rings. The Balaban J connectivity index is 2.72. The third-order valence-electron chi connectivity index (χ3n) is 3.06. The van der Waals surface area contributed by atoms with Gasteiger partial charge in [0.25, 0.3) is 0 Å². The Morgan fingerprint density at radius 3 is 2.43 bits per heavy atom. The Kier molecular flexibility index (Phi) is 6.29. The first-order chi connectivity index (χ1) is 9.76. The Morgan fingerprint density at radius 2 is 1.90 bits per heavy atom. The van der Waals surface area contributed by atoms with E-state index in [1.807, 2.05) is 0 Å². The van der Waals surface area contributed by atoms with Crippen molar-refractivity contribution in [3.63, 3.8) is 0 Å². The highest BCUT2D eigenvalue weighted by Gasteiger charge is 2.27. The summed E-state index contributed by atoms with van der Waals surface area (Å²) in [4.78, 5) is 1.43. The maximum Gasteiger partial charge on any atom is 0.390 e. The van der Waals surface area contributed by atoms with Crippen molar-refractivity contribution in [2.24, 2.45) is 0 Å². The molecule has 0 spiro atoms. The van der Waals surface area contributed by atoms with Gasteiger partial charge in [0.15, 0.2) is 0 Å². The number of benzene rings is 1. The highest BCUT2D eigenvalue weighted by atomic mass is 19.4. The zero-order valence-electron chi connectivity index (χ0n) is 12.3. The quantitative estimate of drug-likeness (QED) is 0.841. The van der Waals surface area contributed by atoms with Crippen molar-refractivity contribution >= 4 is 0 Å². The normalized spacial score (nSPS) is 13.3. The van der Waals surface area contributed by atoms with Gasteiger partial charge in [-0.1, -0.05) is 0 Å². The molecule has 4 nitrogen and oxygen atoms in total. The lowest BCUT2D eigenvalue weighted by atomic mass is 10.1. The van der Waals surface area contributed by atoms with Crippen LogP contribution in [0, 0.1) is 0 Å². The van der Waals surface area contributed by atoms with Crippen LogP contribution in [-0.2, 0) is 0 Å². The lowest BCUT2D eigenvalue weighted by molar-refractivity contribution is -0.137. The number of methoxy groups -OCH3 is 2. The first-order valence-corrected chi connectivity index (χ1v) is 6.42. The van der Waals surface area contributed by atoms with E-state index in [1.54, 1.807) is 18.2 Å².